The number of benzene rings is 2. The summed E-state index contributed by atoms with van der Waals surface area (Å²) in [4.78, 5) is 72.4. The van der Waals surface area contributed by atoms with Crippen LogP contribution in [-0.4, -0.2) is 163 Å². The maximum atomic E-state index is 13.1. The highest BCUT2D eigenvalue weighted by molar-refractivity contribution is 6.62. The predicted octanol–water partition coefficient (Wildman–Crippen LogP) is 12.5. The molecular weight excluding hydrogens is 1300 g/mol. The maximum Gasteiger partial charge on any atom is 0.495 e. The van der Waals surface area contributed by atoms with E-state index in [-0.39, 0.29) is 24.2 Å². The molecule has 2 aromatic carbocycles. The van der Waals surface area contributed by atoms with E-state index in [1.807, 2.05) is 86.6 Å². The number of rotatable bonds is 10. The molecule has 3 aliphatic rings. The number of alkyl halides is 6. The van der Waals surface area contributed by atoms with Crippen LogP contribution in [0.15, 0.2) is 97.3 Å². The number of nitrogens with zero attached hydrogens (tertiary/aromatic N) is 8. The summed E-state index contributed by atoms with van der Waals surface area (Å²) < 4.78 is 111. The van der Waals surface area contributed by atoms with Crippen molar-refractivity contribution in [2.75, 3.05) is 100 Å². The Hall–Kier alpha value is -8.99. The third-order valence-corrected chi connectivity index (χ3v) is 15.4. The van der Waals surface area contributed by atoms with E-state index < -0.39 is 77.3 Å². The van der Waals surface area contributed by atoms with Crippen LogP contribution in [-0.2, 0) is 40.6 Å². The Bertz CT molecular complexity index is 3960. The minimum atomic E-state index is -4.67. The van der Waals surface area contributed by atoms with Gasteiger partial charge in [-0.3, -0.25) is 19.6 Å². The number of nitrogens with one attached hydrogen (secondary N) is 2. The SMILES string of the molecule is CN(CC#Cc1cc(Cl)cc(N2CCOCC2)n1)C(=O)OC(C)(C)C.Cc1ccc(NC(=O)c2ccnc(C(F)(F)F)c2)cc1-c1cc(C#CCN(C)C(=O)OC(C)(C)C)nc(N2CCOCC2)c1.Cc1ccc(NC(=O)c2ccnc(C(F)(F)F)c2)cc1B1OC(C)(C)C(C)(C)O1. The molecule has 7 heterocycles. The molecule has 3 aliphatic heterocycles. The number of morpholine rings is 2. The van der Waals surface area contributed by atoms with Crippen molar-refractivity contribution < 1.29 is 73.8 Å². The fourth-order valence-electron chi connectivity index (χ4n) is 9.31. The number of aryl methyl sites for hydroxylation is 2. The molecule has 28 heteroatoms. The highest BCUT2D eigenvalue weighted by Gasteiger charge is 2.52. The zero-order valence-corrected chi connectivity index (χ0v) is 57.9. The first kappa shape index (κ1) is 76.4. The zero-order chi connectivity index (χ0) is 72.1. The van der Waals surface area contributed by atoms with Crippen LogP contribution in [0, 0.1) is 37.5 Å². The normalized spacial score (nSPS) is 15.1. The van der Waals surface area contributed by atoms with Crippen molar-refractivity contribution in [3.8, 4) is 34.8 Å². The van der Waals surface area contributed by atoms with Crippen LogP contribution < -0.4 is 25.9 Å². The zero-order valence-electron chi connectivity index (χ0n) is 57.2. The number of hydrogen-bond acceptors (Lipinski definition) is 16. The predicted molar refractivity (Wildman–Crippen MR) is 362 cm³/mol. The molecule has 4 aromatic heterocycles. The van der Waals surface area contributed by atoms with Crippen LogP contribution in [0.2, 0.25) is 5.02 Å². The first-order chi connectivity index (χ1) is 45.7. The minimum absolute atomic E-state index is 0.124. The van der Waals surface area contributed by atoms with Gasteiger partial charge in [0.1, 0.15) is 45.6 Å². The Morgan fingerprint density at radius 3 is 1.45 bits per heavy atom. The lowest BCUT2D eigenvalue weighted by Crippen LogP contribution is -2.41. The van der Waals surface area contributed by atoms with E-state index in [0.29, 0.717) is 79.2 Å². The third kappa shape index (κ3) is 22.3. The molecule has 6 aromatic rings. The molecule has 98 heavy (non-hydrogen) atoms. The Morgan fingerprint density at radius 1 is 0.592 bits per heavy atom. The molecule has 0 atom stereocenters. The highest BCUT2D eigenvalue weighted by Crippen LogP contribution is 2.38. The van der Waals surface area contributed by atoms with Gasteiger partial charge in [-0.25, -0.2) is 19.6 Å². The van der Waals surface area contributed by atoms with Crippen LogP contribution in [0.4, 0.5) is 58.9 Å². The number of pyridine rings is 4. The number of carbonyl (C=O) groups excluding carboxylic acids is 4. The summed E-state index contributed by atoms with van der Waals surface area (Å²) in [5, 5.41) is 5.90. The van der Waals surface area contributed by atoms with Gasteiger partial charge in [0.2, 0.25) is 0 Å². The second-order valence-corrected chi connectivity index (χ2v) is 26.5. The molecule has 20 nitrogen and oxygen atoms in total. The highest BCUT2D eigenvalue weighted by atomic mass is 35.5. The van der Waals surface area contributed by atoms with Gasteiger partial charge in [-0.1, -0.05) is 41.1 Å². The number of halogens is 7. The quantitative estimate of drug-likeness (QED) is 0.0741. The van der Waals surface area contributed by atoms with Gasteiger partial charge in [-0.2, -0.15) is 26.3 Å². The van der Waals surface area contributed by atoms with Gasteiger partial charge in [0.25, 0.3) is 11.8 Å². The van der Waals surface area contributed by atoms with Crippen molar-refractivity contribution >= 4 is 71.2 Å². The smallest absolute Gasteiger partial charge is 0.444 e. The maximum absolute atomic E-state index is 13.1. The Morgan fingerprint density at radius 2 is 1.01 bits per heavy atom. The van der Waals surface area contributed by atoms with Gasteiger partial charge in [0.15, 0.2) is 0 Å². The molecule has 522 valence electrons. The molecule has 9 rings (SSSR count). The van der Waals surface area contributed by atoms with Gasteiger partial charge in [0.05, 0.1) is 50.7 Å². The van der Waals surface area contributed by atoms with Gasteiger partial charge < -0.3 is 58.5 Å². The van der Waals surface area contributed by atoms with Crippen molar-refractivity contribution in [1.82, 2.24) is 29.7 Å². The monoisotopic (exact) mass is 1380 g/mol. The largest absolute Gasteiger partial charge is 0.495 e. The van der Waals surface area contributed by atoms with Crippen molar-refractivity contribution in [1.29, 1.82) is 0 Å². The van der Waals surface area contributed by atoms with Gasteiger partial charge >= 0.3 is 31.7 Å². The summed E-state index contributed by atoms with van der Waals surface area (Å²) in [6.45, 7) is 28.1. The summed E-state index contributed by atoms with van der Waals surface area (Å²) in [5.74, 6) is 12.1. The average Bonchev–Trinajstić information content (AvgIpc) is 1.61. The second-order valence-electron chi connectivity index (χ2n) is 26.1. The van der Waals surface area contributed by atoms with Crippen LogP contribution in [0.3, 0.4) is 0 Å². The summed E-state index contributed by atoms with van der Waals surface area (Å²) in [6, 6.07) is 21.6. The fraction of sp³-hybridized carbons (Fsp3) is 0.429. The van der Waals surface area contributed by atoms with Gasteiger partial charge in [-0.05, 0) is 190 Å². The Labute approximate surface area is 572 Å². The van der Waals surface area contributed by atoms with E-state index in [9.17, 15) is 45.5 Å². The summed E-state index contributed by atoms with van der Waals surface area (Å²) in [5.41, 5.74) is 1.23. The van der Waals surface area contributed by atoms with Crippen LogP contribution in [0.5, 0.6) is 0 Å². The van der Waals surface area contributed by atoms with Crippen LogP contribution >= 0.6 is 11.6 Å². The molecule has 0 unspecified atom stereocenters. The number of aromatic nitrogens is 4. The Balaban J connectivity index is 0.000000218. The van der Waals surface area contributed by atoms with Crippen LogP contribution in [0.25, 0.3) is 11.1 Å². The van der Waals surface area contributed by atoms with Gasteiger partial charge in [0, 0.05) is 80.2 Å². The van der Waals surface area contributed by atoms with Gasteiger partial charge in [-0.15, -0.1) is 0 Å². The third-order valence-electron chi connectivity index (χ3n) is 15.2. The molecule has 0 aliphatic carbocycles. The number of hydrogen-bond donors (Lipinski definition) is 2. The molecular formula is C70H80BClF6N10O10. The lowest BCUT2D eigenvalue weighted by molar-refractivity contribution is -0.142. The first-order valence-electron chi connectivity index (χ1n) is 31.2. The molecule has 0 bridgehead atoms. The Kier molecular flexibility index (Phi) is 25.0. The second kappa shape index (κ2) is 32.1. The molecule has 3 fully saturated rings. The molecule has 2 N–H and O–H groups in total. The van der Waals surface area contributed by atoms with E-state index >= 15 is 0 Å². The molecule has 3 saturated heterocycles. The molecule has 0 spiro atoms. The van der Waals surface area contributed by atoms with E-state index in [0.717, 1.165) is 65.1 Å². The van der Waals surface area contributed by atoms with Crippen molar-refractivity contribution in [2.45, 2.75) is 118 Å². The minimum Gasteiger partial charge on any atom is -0.444 e. The number of anilines is 4. The summed E-state index contributed by atoms with van der Waals surface area (Å²) in [6.07, 6.45) is -8.27. The van der Waals surface area contributed by atoms with E-state index in [1.54, 1.807) is 71.3 Å². The first-order valence-corrected chi connectivity index (χ1v) is 31.6. The lowest BCUT2D eigenvalue weighted by atomic mass is 9.76. The van der Waals surface area contributed by atoms with Crippen molar-refractivity contribution in [2.24, 2.45) is 0 Å². The standard InChI is InChI=1S/C32H34F3N5O4.C20H22BF3N2O3.C18H24ClN3O3/c1-21-8-9-25(38-29(41)22-10-11-36-27(18-22)32(33,34)35)20-26(21)23-17-24(37-28(19-23)40-13-15-43-16-14-40)7-6-12-39(5)30(42)44-31(2,3)4;1-12-6-7-14(11-15(12)21-28-18(2,3)19(4,5)29-21)26-17(27)13-8-9-25-16(10-13)20(22,23)24;1-18(2,3)25-17(23)21(4)7-5-6-15-12-14(19)13-16(20-15)22-8-10-24-11-9-22/h8-11,17-20H,12-16H2,1-5H3,(H,38,41);6-11H,1-5H3,(H,26,27);12-13H,7-11H2,1-4H3. The average molecular weight is 1380 g/mol. The number of ether oxygens (including phenoxy) is 4. The molecule has 4 amide bonds. The van der Waals surface area contributed by atoms with E-state index in [4.69, 9.17) is 44.8 Å². The van der Waals surface area contributed by atoms with E-state index in [2.05, 4.69) is 59.1 Å². The fourth-order valence-corrected chi connectivity index (χ4v) is 9.51. The molecule has 0 radical (unpaired) electrons. The summed E-state index contributed by atoms with van der Waals surface area (Å²) >= 11 is 6.18. The van der Waals surface area contributed by atoms with Crippen molar-refractivity contribution in [3.05, 3.63) is 147 Å². The molecule has 0 saturated carbocycles. The number of carbonyl (C=O) groups is 4. The van der Waals surface area contributed by atoms with E-state index in [1.165, 1.54) is 21.9 Å². The van der Waals surface area contributed by atoms with Crippen LogP contribution in [0.1, 0.15) is 124 Å². The number of amides is 4. The van der Waals surface area contributed by atoms with Crippen molar-refractivity contribution in [3.63, 3.8) is 0 Å². The topological polar surface area (TPSA) is 212 Å². The summed E-state index contributed by atoms with van der Waals surface area (Å²) in [7, 11) is 2.63. The lowest BCUT2D eigenvalue weighted by Gasteiger charge is -2.32.